The van der Waals surface area contributed by atoms with Crippen molar-refractivity contribution >= 4 is 28.9 Å². The molecule has 0 saturated heterocycles. The predicted molar refractivity (Wildman–Crippen MR) is 69.4 cm³/mol. The number of thiophene rings is 1. The zero-order chi connectivity index (χ0) is 11.4. The summed E-state index contributed by atoms with van der Waals surface area (Å²) >= 11 is 3.41. The van der Waals surface area contributed by atoms with Gasteiger partial charge in [0.15, 0.2) is 0 Å². The van der Waals surface area contributed by atoms with Crippen LogP contribution >= 0.6 is 23.1 Å². The lowest BCUT2D eigenvalue weighted by Gasteiger charge is -2.05. The minimum atomic E-state index is 0.855. The molecule has 0 unspecified atom stereocenters. The molecule has 2 heterocycles. The van der Waals surface area contributed by atoms with E-state index in [0.717, 1.165) is 23.1 Å². The number of nitrogens with zero attached hydrogens (tertiary/aromatic N) is 2. The van der Waals surface area contributed by atoms with Crippen LogP contribution in [0, 0.1) is 0 Å². The van der Waals surface area contributed by atoms with Crippen molar-refractivity contribution in [2.75, 3.05) is 12.4 Å². The molecule has 5 heteroatoms. The molecule has 16 heavy (non-hydrogen) atoms. The van der Waals surface area contributed by atoms with E-state index in [2.05, 4.69) is 33.7 Å². The first-order valence-electron chi connectivity index (χ1n) is 5.09. The molecule has 2 rings (SSSR count). The highest BCUT2D eigenvalue weighted by atomic mass is 32.2. The van der Waals surface area contributed by atoms with Crippen LogP contribution in [-0.4, -0.2) is 17.0 Å². The van der Waals surface area contributed by atoms with Crippen molar-refractivity contribution in [1.82, 2.24) is 9.97 Å². The largest absolute Gasteiger partial charge is 0.373 e. The number of anilines is 1. The van der Waals surface area contributed by atoms with Gasteiger partial charge in [-0.3, -0.25) is 0 Å². The Balaban J connectivity index is 2.26. The summed E-state index contributed by atoms with van der Waals surface area (Å²) < 4.78 is 1.25. The summed E-state index contributed by atoms with van der Waals surface area (Å²) in [5.41, 5.74) is 0. The van der Waals surface area contributed by atoms with Crippen LogP contribution in [0.3, 0.4) is 0 Å². The summed E-state index contributed by atoms with van der Waals surface area (Å²) in [5.74, 6) is 1.76. The summed E-state index contributed by atoms with van der Waals surface area (Å²) in [6.07, 6.45) is 0.855. The highest BCUT2D eigenvalue weighted by Gasteiger charge is 2.04. The normalized spacial score (nSPS) is 10.4. The fraction of sp³-hybridized carbons (Fsp3) is 0.273. The third kappa shape index (κ3) is 2.74. The molecule has 0 bridgehead atoms. The predicted octanol–water partition coefficient (Wildman–Crippen LogP) is 3.29. The molecule has 2 aromatic rings. The van der Waals surface area contributed by atoms with Gasteiger partial charge in [0.05, 0.1) is 4.21 Å². The summed E-state index contributed by atoms with van der Waals surface area (Å²) in [4.78, 5) is 8.86. The zero-order valence-corrected chi connectivity index (χ0v) is 10.9. The maximum Gasteiger partial charge on any atom is 0.131 e. The molecule has 0 amide bonds. The van der Waals surface area contributed by atoms with Crippen LogP contribution in [0.2, 0.25) is 0 Å². The Kier molecular flexibility index (Phi) is 3.79. The van der Waals surface area contributed by atoms with Gasteiger partial charge in [0, 0.05) is 19.5 Å². The lowest BCUT2D eigenvalue weighted by atomic mass is 10.4. The SMILES string of the molecule is CCc1nc(NC)cc(Sc2cccs2)n1. The van der Waals surface area contributed by atoms with Crippen LogP contribution in [0.25, 0.3) is 0 Å². The first kappa shape index (κ1) is 11.4. The van der Waals surface area contributed by atoms with E-state index in [4.69, 9.17) is 0 Å². The minimum Gasteiger partial charge on any atom is -0.373 e. The van der Waals surface area contributed by atoms with Crippen LogP contribution in [0.5, 0.6) is 0 Å². The Morgan fingerprint density at radius 2 is 2.31 bits per heavy atom. The van der Waals surface area contributed by atoms with E-state index in [1.807, 2.05) is 19.2 Å². The van der Waals surface area contributed by atoms with Crippen LogP contribution < -0.4 is 5.32 Å². The van der Waals surface area contributed by atoms with Gasteiger partial charge in [-0.15, -0.1) is 11.3 Å². The van der Waals surface area contributed by atoms with Gasteiger partial charge in [-0.25, -0.2) is 9.97 Å². The zero-order valence-electron chi connectivity index (χ0n) is 9.23. The Bertz CT molecular complexity index is 432. The van der Waals surface area contributed by atoms with Crippen molar-refractivity contribution in [2.45, 2.75) is 22.6 Å². The fourth-order valence-electron chi connectivity index (χ4n) is 1.24. The second-order valence-electron chi connectivity index (χ2n) is 3.15. The lowest BCUT2D eigenvalue weighted by Crippen LogP contribution is -1.99. The highest BCUT2D eigenvalue weighted by molar-refractivity contribution is 8.01. The number of hydrogen-bond donors (Lipinski definition) is 1. The Morgan fingerprint density at radius 3 is 2.94 bits per heavy atom. The standard InChI is InChI=1S/C11H13N3S2/c1-3-8-13-9(12-2)7-10(14-8)16-11-5-4-6-15-11/h4-7H,3H2,1-2H3,(H,12,13,14). The molecule has 0 radical (unpaired) electrons. The Morgan fingerprint density at radius 1 is 1.44 bits per heavy atom. The lowest BCUT2D eigenvalue weighted by molar-refractivity contribution is 0.891. The van der Waals surface area contributed by atoms with Crippen molar-refractivity contribution in [1.29, 1.82) is 0 Å². The van der Waals surface area contributed by atoms with Crippen molar-refractivity contribution in [3.63, 3.8) is 0 Å². The molecule has 84 valence electrons. The molecule has 0 spiro atoms. The molecule has 0 atom stereocenters. The van der Waals surface area contributed by atoms with Crippen molar-refractivity contribution < 1.29 is 0 Å². The van der Waals surface area contributed by atoms with Gasteiger partial charge in [-0.1, -0.05) is 24.8 Å². The average Bonchev–Trinajstić information content (AvgIpc) is 2.81. The van der Waals surface area contributed by atoms with E-state index in [1.54, 1.807) is 23.1 Å². The number of nitrogens with one attached hydrogen (secondary N) is 1. The van der Waals surface area contributed by atoms with E-state index in [1.165, 1.54) is 4.21 Å². The topological polar surface area (TPSA) is 37.8 Å². The van der Waals surface area contributed by atoms with Crippen molar-refractivity contribution in [3.8, 4) is 0 Å². The first-order valence-corrected chi connectivity index (χ1v) is 6.78. The summed E-state index contributed by atoms with van der Waals surface area (Å²) in [7, 11) is 1.88. The molecule has 0 aromatic carbocycles. The monoisotopic (exact) mass is 251 g/mol. The molecule has 0 aliphatic heterocycles. The minimum absolute atomic E-state index is 0.855. The molecule has 0 aliphatic carbocycles. The summed E-state index contributed by atoms with van der Waals surface area (Å²) in [6.45, 7) is 2.06. The molecule has 3 nitrogen and oxygen atoms in total. The Hall–Kier alpha value is -1.07. The smallest absolute Gasteiger partial charge is 0.131 e. The molecular weight excluding hydrogens is 238 g/mol. The molecule has 0 aliphatic rings. The van der Waals surface area contributed by atoms with Gasteiger partial charge >= 0.3 is 0 Å². The average molecular weight is 251 g/mol. The maximum atomic E-state index is 4.49. The second kappa shape index (κ2) is 5.32. The van der Waals surface area contributed by atoms with Crippen LogP contribution in [0.15, 0.2) is 32.8 Å². The molecule has 2 aromatic heterocycles. The van der Waals surface area contributed by atoms with Gasteiger partial charge in [0.1, 0.15) is 16.7 Å². The molecule has 1 N–H and O–H groups in total. The van der Waals surface area contributed by atoms with Crippen LogP contribution in [0.1, 0.15) is 12.7 Å². The number of rotatable bonds is 4. The Labute approximate surface area is 103 Å². The van der Waals surface area contributed by atoms with Crippen molar-refractivity contribution in [2.24, 2.45) is 0 Å². The van der Waals surface area contributed by atoms with Crippen molar-refractivity contribution in [3.05, 3.63) is 29.4 Å². The van der Waals surface area contributed by atoms with E-state index >= 15 is 0 Å². The van der Waals surface area contributed by atoms with Gasteiger partial charge in [0.25, 0.3) is 0 Å². The quantitative estimate of drug-likeness (QED) is 0.846. The van der Waals surface area contributed by atoms with Gasteiger partial charge < -0.3 is 5.32 Å². The van der Waals surface area contributed by atoms with E-state index in [-0.39, 0.29) is 0 Å². The third-order valence-electron chi connectivity index (χ3n) is 2.02. The van der Waals surface area contributed by atoms with E-state index in [9.17, 15) is 0 Å². The summed E-state index contributed by atoms with van der Waals surface area (Å²) in [6, 6.07) is 6.12. The fourth-order valence-corrected chi connectivity index (χ4v) is 2.97. The van der Waals surface area contributed by atoms with E-state index in [0.29, 0.717) is 0 Å². The molecular formula is C11H13N3S2. The maximum absolute atomic E-state index is 4.49. The molecule has 0 fully saturated rings. The number of aromatic nitrogens is 2. The first-order chi connectivity index (χ1) is 7.81. The van der Waals surface area contributed by atoms with Gasteiger partial charge in [0.2, 0.25) is 0 Å². The number of aryl methyl sites for hydroxylation is 1. The third-order valence-corrected chi connectivity index (χ3v) is 3.98. The van der Waals surface area contributed by atoms with Gasteiger partial charge in [-0.2, -0.15) is 0 Å². The van der Waals surface area contributed by atoms with Gasteiger partial charge in [-0.05, 0) is 11.4 Å². The molecule has 0 saturated carbocycles. The van der Waals surface area contributed by atoms with E-state index < -0.39 is 0 Å². The summed E-state index contributed by atoms with van der Waals surface area (Å²) in [5, 5.41) is 6.13. The van der Waals surface area contributed by atoms with Crippen LogP contribution in [0.4, 0.5) is 5.82 Å². The second-order valence-corrected chi connectivity index (χ2v) is 5.41. The highest BCUT2D eigenvalue weighted by Crippen LogP contribution is 2.30. The number of hydrogen-bond acceptors (Lipinski definition) is 5. The van der Waals surface area contributed by atoms with Crippen LogP contribution in [-0.2, 0) is 6.42 Å².